The van der Waals surface area contributed by atoms with E-state index in [-0.39, 0.29) is 6.61 Å². The number of carboxylic acids is 1. The molecule has 0 aromatic carbocycles. The van der Waals surface area contributed by atoms with Crippen molar-refractivity contribution >= 4 is 12.1 Å². The lowest BCUT2D eigenvalue weighted by Gasteiger charge is -2.13. The molecule has 0 rings (SSSR count). The molecule has 0 aliphatic carbocycles. The van der Waals surface area contributed by atoms with Gasteiger partial charge in [-0.2, -0.15) is 0 Å². The van der Waals surface area contributed by atoms with Gasteiger partial charge in [0.2, 0.25) is 6.43 Å². The molecule has 0 fully saturated rings. The van der Waals surface area contributed by atoms with Gasteiger partial charge in [0.15, 0.2) is 0 Å². The number of hydrogen-bond acceptors (Lipinski definition) is 3. The number of aliphatic carboxylic acids is 1. The molecular formula is C8H11F2NO4. The molecule has 0 aliphatic heterocycles. The lowest BCUT2D eigenvalue weighted by atomic mass is 10.2. The molecule has 0 bridgehead atoms. The number of nitrogens with one attached hydrogen (secondary N) is 1. The predicted molar refractivity (Wildman–Crippen MR) is 46.7 cm³/mol. The van der Waals surface area contributed by atoms with Crippen molar-refractivity contribution in [2.75, 3.05) is 6.61 Å². The zero-order valence-corrected chi connectivity index (χ0v) is 7.78. The Morgan fingerprint density at radius 2 is 2.13 bits per heavy atom. The van der Waals surface area contributed by atoms with Gasteiger partial charge >= 0.3 is 12.1 Å². The van der Waals surface area contributed by atoms with Crippen LogP contribution in [-0.2, 0) is 9.53 Å². The molecule has 5 nitrogen and oxygen atoms in total. The normalized spacial score (nSPS) is 11.9. The SMILES string of the molecule is C=CCOC(=O)NC(CC(F)F)C(=O)O. The van der Waals surface area contributed by atoms with E-state index in [0.717, 1.165) is 0 Å². The fraction of sp³-hybridized carbons (Fsp3) is 0.500. The maximum Gasteiger partial charge on any atom is 0.408 e. The van der Waals surface area contributed by atoms with E-state index in [1.165, 1.54) is 6.08 Å². The molecular weight excluding hydrogens is 212 g/mol. The molecule has 0 aromatic heterocycles. The summed E-state index contributed by atoms with van der Waals surface area (Å²) in [6, 6.07) is -1.65. The van der Waals surface area contributed by atoms with E-state index in [2.05, 4.69) is 11.3 Å². The molecule has 7 heteroatoms. The number of ether oxygens (including phenoxy) is 1. The van der Waals surface area contributed by atoms with E-state index in [1.54, 1.807) is 5.32 Å². The van der Waals surface area contributed by atoms with E-state index < -0.39 is 31.0 Å². The first kappa shape index (κ1) is 13.3. The minimum atomic E-state index is -2.81. The molecule has 0 saturated heterocycles. The molecule has 86 valence electrons. The number of amides is 1. The first-order valence-electron chi connectivity index (χ1n) is 4.02. The highest BCUT2D eigenvalue weighted by atomic mass is 19.3. The summed E-state index contributed by atoms with van der Waals surface area (Å²) >= 11 is 0. The quantitative estimate of drug-likeness (QED) is 0.659. The first-order valence-corrected chi connectivity index (χ1v) is 4.02. The molecule has 0 saturated carbocycles. The molecule has 0 radical (unpaired) electrons. The first-order chi connectivity index (χ1) is 6.97. The second kappa shape index (κ2) is 6.74. The molecule has 15 heavy (non-hydrogen) atoms. The molecule has 0 heterocycles. The fourth-order valence-electron chi connectivity index (χ4n) is 0.718. The monoisotopic (exact) mass is 223 g/mol. The third-order valence-corrected chi connectivity index (χ3v) is 1.34. The molecule has 2 N–H and O–H groups in total. The number of carboxylic acid groups (broad SMARTS) is 1. The Hall–Kier alpha value is -1.66. The van der Waals surface area contributed by atoms with Crippen LogP contribution in [0.1, 0.15) is 6.42 Å². The van der Waals surface area contributed by atoms with Crippen LogP contribution in [0.15, 0.2) is 12.7 Å². The Labute approximate surface area is 84.7 Å². The smallest absolute Gasteiger partial charge is 0.408 e. The van der Waals surface area contributed by atoms with Crippen LogP contribution in [-0.4, -0.2) is 36.2 Å². The van der Waals surface area contributed by atoms with Gasteiger partial charge < -0.3 is 15.2 Å². The van der Waals surface area contributed by atoms with Crippen molar-refractivity contribution in [2.24, 2.45) is 0 Å². The standard InChI is InChI=1S/C8H11F2NO4/c1-2-3-15-8(14)11-5(7(12)13)4-6(9)10/h2,5-6H,1,3-4H2,(H,11,14)(H,12,13). The minimum absolute atomic E-state index is 0.118. The zero-order chi connectivity index (χ0) is 11.8. The van der Waals surface area contributed by atoms with Crippen LogP contribution in [0.4, 0.5) is 13.6 Å². The summed E-state index contributed by atoms with van der Waals surface area (Å²) in [5.74, 6) is -1.54. The van der Waals surface area contributed by atoms with Gasteiger partial charge in [-0.05, 0) is 0 Å². The number of alkyl carbamates (subject to hydrolysis) is 1. The minimum Gasteiger partial charge on any atom is -0.480 e. The van der Waals surface area contributed by atoms with E-state index in [0.29, 0.717) is 0 Å². The third kappa shape index (κ3) is 6.42. The molecule has 0 spiro atoms. The predicted octanol–water partition coefficient (Wildman–Crippen LogP) is 1.01. The molecule has 0 aliphatic rings. The molecule has 1 atom stereocenters. The highest BCUT2D eigenvalue weighted by Crippen LogP contribution is 2.04. The molecule has 0 aromatic rings. The second-order valence-electron chi connectivity index (χ2n) is 2.55. The van der Waals surface area contributed by atoms with Crippen LogP contribution in [0.25, 0.3) is 0 Å². The maximum atomic E-state index is 11.9. The number of hydrogen-bond donors (Lipinski definition) is 2. The van der Waals surface area contributed by atoms with Crippen LogP contribution < -0.4 is 5.32 Å². The van der Waals surface area contributed by atoms with Gasteiger partial charge in [0, 0.05) is 6.42 Å². The van der Waals surface area contributed by atoms with Crippen molar-refractivity contribution in [2.45, 2.75) is 18.9 Å². The van der Waals surface area contributed by atoms with Crippen molar-refractivity contribution in [1.82, 2.24) is 5.32 Å². The van der Waals surface area contributed by atoms with Gasteiger partial charge in [-0.3, -0.25) is 0 Å². The van der Waals surface area contributed by atoms with Gasteiger partial charge in [-0.15, -0.1) is 0 Å². The molecule has 1 unspecified atom stereocenters. The topological polar surface area (TPSA) is 75.6 Å². The van der Waals surface area contributed by atoms with E-state index in [4.69, 9.17) is 5.11 Å². The maximum absolute atomic E-state index is 11.9. The number of alkyl halides is 2. The van der Waals surface area contributed by atoms with E-state index in [9.17, 15) is 18.4 Å². The lowest BCUT2D eigenvalue weighted by Crippen LogP contribution is -2.42. The van der Waals surface area contributed by atoms with Gasteiger partial charge in [0.1, 0.15) is 12.6 Å². The van der Waals surface area contributed by atoms with Crippen molar-refractivity contribution in [3.63, 3.8) is 0 Å². The van der Waals surface area contributed by atoms with Gasteiger partial charge in [-0.25, -0.2) is 18.4 Å². The summed E-state index contributed by atoms with van der Waals surface area (Å²) in [7, 11) is 0. The average Bonchev–Trinajstić information content (AvgIpc) is 2.12. The van der Waals surface area contributed by atoms with Crippen LogP contribution in [0.5, 0.6) is 0 Å². The van der Waals surface area contributed by atoms with Gasteiger partial charge in [-0.1, -0.05) is 12.7 Å². The lowest BCUT2D eigenvalue weighted by molar-refractivity contribution is -0.140. The van der Waals surface area contributed by atoms with Crippen molar-refractivity contribution < 1.29 is 28.2 Å². The average molecular weight is 223 g/mol. The summed E-state index contributed by atoms with van der Waals surface area (Å²) in [5.41, 5.74) is 0. The van der Waals surface area contributed by atoms with Crippen LogP contribution in [0.3, 0.4) is 0 Å². The second-order valence-corrected chi connectivity index (χ2v) is 2.55. The summed E-state index contributed by atoms with van der Waals surface area (Å²) in [6.45, 7) is 3.14. The van der Waals surface area contributed by atoms with Crippen LogP contribution >= 0.6 is 0 Å². The Bertz CT molecular complexity index is 245. The van der Waals surface area contributed by atoms with E-state index >= 15 is 0 Å². The van der Waals surface area contributed by atoms with Crippen LogP contribution in [0.2, 0.25) is 0 Å². The van der Waals surface area contributed by atoms with Gasteiger partial charge in [0.05, 0.1) is 0 Å². The van der Waals surface area contributed by atoms with Crippen molar-refractivity contribution in [3.05, 3.63) is 12.7 Å². The summed E-state index contributed by atoms with van der Waals surface area (Å²) in [4.78, 5) is 21.2. The number of halogens is 2. The Morgan fingerprint density at radius 1 is 1.53 bits per heavy atom. The largest absolute Gasteiger partial charge is 0.480 e. The number of carbonyl (C=O) groups excluding carboxylic acids is 1. The zero-order valence-electron chi connectivity index (χ0n) is 7.78. The Balaban J connectivity index is 4.10. The number of rotatable bonds is 6. The fourth-order valence-corrected chi connectivity index (χ4v) is 0.718. The Kier molecular flexibility index (Phi) is 6.00. The summed E-state index contributed by atoms with van der Waals surface area (Å²) in [6.07, 6.45) is -3.57. The number of carbonyl (C=O) groups is 2. The summed E-state index contributed by atoms with van der Waals surface area (Å²) in [5, 5.41) is 10.3. The van der Waals surface area contributed by atoms with E-state index in [1.807, 2.05) is 0 Å². The summed E-state index contributed by atoms with van der Waals surface area (Å²) < 4.78 is 28.1. The third-order valence-electron chi connectivity index (χ3n) is 1.34. The highest BCUT2D eigenvalue weighted by Gasteiger charge is 2.24. The van der Waals surface area contributed by atoms with Crippen molar-refractivity contribution in [3.8, 4) is 0 Å². The van der Waals surface area contributed by atoms with Crippen molar-refractivity contribution in [1.29, 1.82) is 0 Å². The van der Waals surface area contributed by atoms with Crippen LogP contribution in [0, 0.1) is 0 Å². The molecule has 1 amide bonds. The van der Waals surface area contributed by atoms with Gasteiger partial charge in [0.25, 0.3) is 0 Å². The Morgan fingerprint density at radius 3 is 2.53 bits per heavy atom. The highest BCUT2D eigenvalue weighted by molar-refractivity contribution is 5.79.